The Labute approximate surface area is 364 Å². The van der Waals surface area contributed by atoms with Gasteiger partial charge in [0.1, 0.15) is 0 Å². The Bertz CT molecular complexity index is 4140. The van der Waals surface area contributed by atoms with Gasteiger partial charge >= 0.3 is 0 Å². The summed E-state index contributed by atoms with van der Waals surface area (Å²) >= 11 is 1.87. The maximum Gasteiger partial charge on any atom is 0.164 e. The summed E-state index contributed by atoms with van der Waals surface area (Å²) < 4.78 is 7.63. The highest BCUT2D eigenvalue weighted by Crippen LogP contribution is 2.45. The van der Waals surface area contributed by atoms with Crippen molar-refractivity contribution in [2.24, 2.45) is 0 Å². The van der Waals surface area contributed by atoms with Crippen LogP contribution in [0.5, 0.6) is 0 Å². The lowest BCUT2D eigenvalue weighted by molar-refractivity contribution is 1.07. The summed E-state index contributed by atoms with van der Waals surface area (Å²) in [6.45, 7) is 0. The first-order chi connectivity index (χ1) is 31.2. The second kappa shape index (κ2) is 13.2. The molecule has 0 atom stereocenters. The molecule has 6 heteroatoms. The zero-order chi connectivity index (χ0) is 41.2. The van der Waals surface area contributed by atoms with E-state index >= 15 is 0 Å². The van der Waals surface area contributed by atoms with Crippen molar-refractivity contribution in [3.05, 3.63) is 200 Å². The standard InChI is InChI=1S/C57H33N5S/c1-3-15-34(16-4-1)55-58-56(35-17-5-2-6-18-35)60-57(59-55)37-20-13-19-36(29-37)38-30-45-40-22-8-11-26-48(40)61-49-27-14-24-42-39-21-7-10-25-47(39)62(54(42)49)50-33-52-44(32-43(50)46(31-38)53(45)61)41-23-9-12-28-51(41)63-52/h1-33H. The quantitative estimate of drug-likeness (QED) is 0.178. The van der Waals surface area contributed by atoms with Gasteiger partial charge in [0.15, 0.2) is 17.5 Å². The maximum absolute atomic E-state index is 5.10. The van der Waals surface area contributed by atoms with Crippen LogP contribution in [0.3, 0.4) is 0 Å². The molecule has 0 aliphatic heterocycles. The molecule has 0 aliphatic carbocycles. The van der Waals surface area contributed by atoms with E-state index in [1.165, 1.54) is 85.6 Å². The summed E-state index contributed by atoms with van der Waals surface area (Å²) in [5, 5.41) is 9.88. The molecule has 5 heterocycles. The molecule has 63 heavy (non-hydrogen) atoms. The van der Waals surface area contributed by atoms with Crippen molar-refractivity contribution in [2.45, 2.75) is 0 Å². The monoisotopic (exact) mass is 819 g/mol. The molecule has 14 aromatic rings. The van der Waals surface area contributed by atoms with E-state index in [9.17, 15) is 0 Å². The number of benzene rings is 9. The molecule has 0 aliphatic rings. The Hall–Kier alpha value is -8.19. The van der Waals surface area contributed by atoms with Gasteiger partial charge in [0.2, 0.25) is 0 Å². The molecule has 0 radical (unpaired) electrons. The molecule has 0 saturated carbocycles. The van der Waals surface area contributed by atoms with Gasteiger partial charge in [-0.2, -0.15) is 0 Å². The number of hydrogen-bond acceptors (Lipinski definition) is 4. The van der Waals surface area contributed by atoms with Crippen LogP contribution in [0.1, 0.15) is 0 Å². The third kappa shape index (κ3) is 5.07. The Balaban J connectivity index is 1.12. The smallest absolute Gasteiger partial charge is 0.164 e. The Morgan fingerprint density at radius 3 is 1.49 bits per heavy atom. The van der Waals surface area contributed by atoms with Crippen molar-refractivity contribution < 1.29 is 0 Å². The van der Waals surface area contributed by atoms with Crippen LogP contribution in [0.4, 0.5) is 0 Å². The molecule has 0 amide bonds. The second-order valence-electron chi connectivity index (χ2n) is 16.4. The fourth-order valence-electron chi connectivity index (χ4n) is 10.1. The van der Waals surface area contributed by atoms with Crippen molar-refractivity contribution >= 4 is 96.9 Å². The summed E-state index contributed by atoms with van der Waals surface area (Å²) in [5.74, 6) is 1.92. The van der Waals surface area contributed by atoms with E-state index in [1.807, 2.05) is 47.7 Å². The number of aromatic nitrogens is 5. The molecular formula is C57H33N5S. The van der Waals surface area contributed by atoms with E-state index in [0.717, 1.165) is 27.8 Å². The van der Waals surface area contributed by atoms with E-state index in [0.29, 0.717) is 17.5 Å². The number of hydrogen-bond donors (Lipinski definition) is 0. The molecule has 14 rings (SSSR count). The highest BCUT2D eigenvalue weighted by atomic mass is 32.1. The number of fused-ring (bicyclic) bond motifs is 13. The Morgan fingerprint density at radius 2 is 0.778 bits per heavy atom. The van der Waals surface area contributed by atoms with E-state index in [1.54, 1.807) is 0 Å². The molecule has 0 saturated heterocycles. The average molecular weight is 820 g/mol. The van der Waals surface area contributed by atoms with Crippen LogP contribution < -0.4 is 0 Å². The number of nitrogens with zero attached hydrogens (tertiary/aromatic N) is 5. The Morgan fingerprint density at radius 1 is 0.270 bits per heavy atom. The van der Waals surface area contributed by atoms with E-state index < -0.39 is 0 Å². The fraction of sp³-hybridized carbons (Fsp3) is 0. The van der Waals surface area contributed by atoms with E-state index in [-0.39, 0.29) is 0 Å². The molecule has 0 N–H and O–H groups in total. The lowest BCUT2D eigenvalue weighted by Gasteiger charge is -2.13. The third-order valence-electron chi connectivity index (χ3n) is 12.9. The molecule has 9 aromatic carbocycles. The normalized spacial score (nSPS) is 12.1. The lowest BCUT2D eigenvalue weighted by atomic mass is 9.96. The van der Waals surface area contributed by atoms with Gasteiger partial charge in [-0.1, -0.05) is 146 Å². The van der Waals surface area contributed by atoms with Gasteiger partial charge in [-0.3, -0.25) is 0 Å². The predicted molar refractivity (Wildman–Crippen MR) is 264 cm³/mol. The van der Waals surface area contributed by atoms with Gasteiger partial charge in [-0.15, -0.1) is 11.3 Å². The van der Waals surface area contributed by atoms with Crippen LogP contribution in [-0.2, 0) is 0 Å². The number of para-hydroxylation sites is 3. The number of thiophene rings is 1. The molecule has 5 nitrogen and oxygen atoms in total. The first-order valence-electron chi connectivity index (χ1n) is 21.3. The van der Waals surface area contributed by atoms with Gasteiger partial charge in [0.05, 0.1) is 33.1 Å². The van der Waals surface area contributed by atoms with Crippen molar-refractivity contribution in [1.82, 2.24) is 23.8 Å². The fourth-order valence-corrected chi connectivity index (χ4v) is 11.2. The molecular weight excluding hydrogens is 787 g/mol. The van der Waals surface area contributed by atoms with E-state index in [2.05, 4.69) is 173 Å². The minimum Gasteiger partial charge on any atom is -0.307 e. The summed E-state index contributed by atoms with van der Waals surface area (Å²) in [5.41, 5.74) is 12.2. The highest BCUT2D eigenvalue weighted by Gasteiger charge is 2.22. The molecule has 0 spiro atoms. The molecule has 0 bridgehead atoms. The highest BCUT2D eigenvalue weighted by molar-refractivity contribution is 7.25. The van der Waals surface area contributed by atoms with E-state index in [4.69, 9.17) is 15.0 Å². The topological polar surface area (TPSA) is 47.5 Å². The third-order valence-corrected chi connectivity index (χ3v) is 14.0. The molecule has 292 valence electrons. The Kier molecular flexibility index (Phi) is 7.21. The van der Waals surface area contributed by atoms with Gasteiger partial charge in [0.25, 0.3) is 0 Å². The average Bonchev–Trinajstić information content (AvgIpc) is 4.01. The van der Waals surface area contributed by atoms with Crippen molar-refractivity contribution in [2.75, 3.05) is 0 Å². The zero-order valence-corrected chi connectivity index (χ0v) is 34.5. The second-order valence-corrected chi connectivity index (χ2v) is 17.5. The minimum atomic E-state index is 0.633. The number of rotatable bonds is 4. The summed E-state index contributed by atoms with van der Waals surface area (Å²) in [6, 6.07) is 72.2. The molecule has 5 aromatic heterocycles. The molecule has 0 unspecified atom stereocenters. The minimum absolute atomic E-state index is 0.633. The first kappa shape index (κ1) is 34.5. The van der Waals surface area contributed by atoms with Crippen molar-refractivity contribution in [3.63, 3.8) is 0 Å². The largest absolute Gasteiger partial charge is 0.307 e. The van der Waals surface area contributed by atoms with Gasteiger partial charge < -0.3 is 8.80 Å². The summed E-state index contributed by atoms with van der Waals surface area (Å²) in [4.78, 5) is 15.2. The van der Waals surface area contributed by atoms with Crippen LogP contribution in [0.15, 0.2) is 200 Å². The molecule has 0 fully saturated rings. The maximum atomic E-state index is 5.10. The zero-order valence-electron chi connectivity index (χ0n) is 33.7. The van der Waals surface area contributed by atoms with Crippen LogP contribution in [0.25, 0.3) is 131 Å². The van der Waals surface area contributed by atoms with Crippen molar-refractivity contribution in [1.29, 1.82) is 0 Å². The van der Waals surface area contributed by atoms with Gasteiger partial charge in [-0.05, 0) is 65.7 Å². The SMILES string of the molecule is c1ccc(-c2nc(-c3ccccc3)nc(-c3cccc(-c4cc5c6ccccc6n6c7cccc8c9ccccc9n(c9cc%10sc%11ccccc%11c%10cc9c(c4)c56)c87)c3)n2)cc1. The predicted octanol–water partition coefficient (Wildman–Crippen LogP) is 15.2. The van der Waals surface area contributed by atoms with Crippen molar-refractivity contribution in [3.8, 4) is 45.3 Å². The van der Waals surface area contributed by atoms with Gasteiger partial charge in [0, 0.05) is 69.2 Å². The summed E-state index contributed by atoms with van der Waals surface area (Å²) in [7, 11) is 0. The summed E-state index contributed by atoms with van der Waals surface area (Å²) in [6.07, 6.45) is 0. The van der Waals surface area contributed by atoms with Crippen LogP contribution in [0.2, 0.25) is 0 Å². The van der Waals surface area contributed by atoms with Crippen LogP contribution in [0, 0.1) is 0 Å². The lowest BCUT2D eigenvalue weighted by Crippen LogP contribution is -2.00. The van der Waals surface area contributed by atoms with Crippen LogP contribution in [-0.4, -0.2) is 23.8 Å². The van der Waals surface area contributed by atoms with Gasteiger partial charge in [-0.25, -0.2) is 15.0 Å². The first-order valence-corrected chi connectivity index (χ1v) is 22.1. The van der Waals surface area contributed by atoms with Crippen LogP contribution >= 0.6 is 11.3 Å².